The van der Waals surface area contributed by atoms with Crippen LogP contribution in [0.5, 0.6) is 0 Å². The van der Waals surface area contributed by atoms with Crippen molar-refractivity contribution < 1.29 is 41.4 Å². The van der Waals surface area contributed by atoms with Gasteiger partial charge in [-0.15, -0.1) is 0 Å². The fourth-order valence-electron chi connectivity index (χ4n) is 4.70. The van der Waals surface area contributed by atoms with Gasteiger partial charge >= 0.3 is 12.0 Å². The third kappa shape index (κ3) is 5.38. The second-order valence-electron chi connectivity index (χ2n) is 9.05. The SMILES string of the molecule is COC(=O)NC1C[C@H]2COC[C@@H](C1)N2C(=O)C(F)(F)c1cc(C(=O)Nc2ccc(F)c(C)c2)ccc1F. The molecule has 0 saturated carbocycles. The summed E-state index contributed by atoms with van der Waals surface area (Å²) < 4.78 is 69.1. The molecule has 37 heavy (non-hydrogen) atoms. The van der Waals surface area contributed by atoms with Gasteiger partial charge in [-0.1, -0.05) is 0 Å². The summed E-state index contributed by atoms with van der Waals surface area (Å²) in [7, 11) is 1.20. The van der Waals surface area contributed by atoms with Crippen LogP contribution in [-0.4, -0.2) is 61.3 Å². The third-order valence-corrected chi connectivity index (χ3v) is 6.51. The monoisotopic (exact) mass is 523 g/mol. The van der Waals surface area contributed by atoms with Gasteiger partial charge in [-0.2, -0.15) is 8.78 Å². The molecule has 2 aliphatic rings. The lowest BCUT2D eigenvalue weighted by Crippen LogP contribution is -2.64. The van der Waals surface area contributed by atoms with Crippen molar-refractivity contribution in [3.05, 3.63) is 64.7 Å². The summed E-state index contributed by atoms with van der Waals surface area (Å²) in [6.07, 6.45) is -0.382. The van der Waals surface area contributed by atoms with E-state index in [-0.39, 0.29) is 42.9 Å². The van der Waals surface area contributed by atoms with Gasteiger partial charge in [0.25, 0.3) is 11.8 Å². The van der Waals surface area contributed by atoms with Gasteiger partial charge in [0.05, 0.1) is 38.0 Å². The van der Waals surface area contributed by atoms with Crippen LogP contribution < -0.4 is 10.6 Å². The zero-order chi connectivity index (χ0) is 26.9. The molecule has 1 unspecified atom stereocenters. The van der Waals surface area contributed by atoms with E-state index in [1.54, 1.807) is 0 Å². The highest BCUT2D eigenvalue weighted by Crippen LogP contribution is 2.38. The standard InChI is InChI=1S/C25H25F4N3O5/c1-13-7-15(4-6-20(13)26)30-22(33)14-3-5-21(27)19(8-14)25(28,29)23(34)32-17-9-16(31-24(35)36-2)10-18(32)12-37-11-17/h3-8,16-18H,9-12H2,1-2H3,(H,30,33)(H,31,35)/t16?,17-,18+. The van der Waals surface area contributed by atoms with Crippen LogP contribution in [0.1, 0.15) is 34.3 Å². The first-order valence-corrected chi connectivity index (χ1v) is 11.5. The Morgan fingerprint density at radius 1 is 1.03 bits per heavy atom. The van der Waals surface area contributed by atoms with E-state index in [1.165, 1.54) is 26.2 Å². The molecule has 0 spiro atoms. The fourth-order valence-corrected chi connectivity index (χ4v) is 4.70. The molecule has 2 aromatic rings. The lowest BCUT2D eigenvalue weighted by atomic mass is 9.88. The number of hydrogen-bond donors (Lipinski definition) is 2. The Morgan fingerprint density at radius 3 is 2.30 bits per heavy atom. The van der Waals surface area contributed by atoms with Crippen LogP contribution in [0.25, 0.3) is 0 Å². The van der Waals surface area contributed by atoms with E-state index in [1.807, 2.05) is 0 Å². The minimum Gasteiger partial charge on any atom is -0.453 e. The summed E-state index contributed by atoms with van der Waals surface area (Å²) >= 11 is 0. The van der Waals surface area contributed by atoms with E-state index in [0.29, 0.717) is 12.1 Å². The molecule has 2 N–H and O–H groups in total. The number of amides is 3. The molecule has 2 fully saturated rings. The van der Waals surface area contributed by atoms with Crippen LogP contribution >= 0.6 is 0 Å². The number of ether oxygens (including phenoxy) is 2. The number of carbonyl (C=O) groups is 3. The number of carbonyl (C=O) groups excluding carboxylic acids is 3. The molecule has 0 radical (unpaired) electrons. The van der Waals surface area contributed by atoms with Gasteiger partial charge in [-0.3, -0.25) is 9.59 Å². The Morgan fingerprint density at radius 2 is 1.68 bits per heavy atom. The molecule has 3 atom stereocenters. The summed E-state index contributed by atoms with van der Waals surface area (Å²) in [5.74, 6) is -8.58. The molecule has 4 rings (SSSR count). The minimum absolute atomic E-state index is 0.0281. The van der Waals surface area contributed by atoms with E-state index in [0.717, 1.165) is 17.0 Å². The number of nitrogens with one attached hydrogen (secondary N) is 2. The van der Waals surface area contributed by atoms with Crippen molar-refractivity contribution in [3.63, 3.8) is 0 Å². The van der Waals surface area contributed by atoms with Gasteiger partial charge in [-0.05, 0) is 61.7 Å². The Bertz CT molecular complexity index is 1210. The number of benzene rings is 2. The molecule has 12 heteroatoms. The number of nitrogens with zero attached hydrogens (tertiary/aromatic N) is 1. The highest BCUT2D eigenvalue weighted by atomic mass is 19.3. The topological polar surface area (TPSA) is 97.0 Å². The normalized spacial score (nSPS) is 21.2. The first-order chi connectivity index (χ1) is 17.5. The number of aryl methyl sites for hydroxylation is 1. The molecular formula is C25H25F4N3O5. The summed E-state index contributed by atoms with van der Waals surface area (Å²) in [6.45, 7) is 1.43. The molecule has 2 aliphatic heterocycles. The maximum Gasteiger partial charge on any atom is 0.407 e. The molecule has 0 aromatic heterocycles. The van der Waals surface area contributed by atoms with E-state index in [9.17, 15) is 23.2 Å². The molecular weight excluding hydrogens is 498 g/mol. The number of halogens is 4. The molecule has 2 heterocycles. The number of rotatable bonds is 5. The van der Waals surface area contributed by atoms with Gasteiger partial charge in [0, 0.05) is 17.3 Å². The number of methoxy groups -OCH3 is 1. The van der Waals surface area contributed by atoms with E-state index < -0.39 is 59.2 Å². The van der Waals surface area contributed by atoms with Crippen LogP contribution in [0, 0.1) is 18.6 Å². The number of alkyl halides is 2. The number of piperidine rings is 1. The summed E-state index contributed by atoms with van der Waals surface area (Å²) in [5.41, 5.74) is -1.08. The van der Waals surface area contributed by atoms with Crippen molar-refractivity contribution in [1.82, 2.24) is 10.2 Å². The maximum absolute atomic E-state index is 15.5. The van der Waals surface area contributed by atoms with Crippen molar-refractivity contribution in [2.75, 3.05) is 25.6 Å². The quantitative estimate of drug-likeness (QED) is 0.583. The molecule has 0 aliphatic carbocycles. The Kier molecular flexibility index (Phi) is 7.39. The Labute approximate surface area is 209 Å². The number of anilines is 1. The highest BCUT2D eigenvalue weighted by Gasteiger charge is 2.52. The van der Waals surface area contributed by atoms with Crippen LogP contribution in [0.3, 0.4) is 0 Å². The largest absolute Gasteiger partial charge is 0.453 e. The van der Waals surface area contributed by atoms with E-state index >= 15 is 8.78 Å². The van der Waals surface area contributed by atoms with Gasteiger partial charge < -0.3 is 25.0 Å². The number of fused-ring (bicyclic) bond motifs is 2. The van der Waals surface area contributed by atoms with Crippen LogP contribution in [0.4, 0.5) is 28.0 Å². The van der Waals surface area contributed by atoms with Gasteiger partial charge in [0.2, 0.25) is 0 Å². The predicted octanol–water partition coefficient (Wildman–Crippen LogP) is 3.73. The Hall–Kier alpha value is -3.67. The van der Waals surface area contributed by atoms with Crippen molar-refractivity contribution in [3.8, 4) is 0 Å². The molecule has 2 saturated heterocycles. The first-order valence-electron chi connectivity index (χ1n) is 11.5. The number of hydrogen-bond acceptors (Lipinski definition) is 5. The van der Waals surface area contributed by atoms with Crippen LogP contribution in [-0.2, 0) is 20.2 Å². The average Bonchev–Trinajstić information content (AvgIpc) is 2.85. The predicted molar refractivity (Wildman–Crippen MR) is 123 cm³/mol. The van der Waals surface area contributed by atoms with Gasteiger partial charge in [0.15, 0.2) is 0 Å². The van der Waals surface area contributed by atoms with E-state index in [4.69, 9.17) is 4.74 Å². The number of alkyl carbamates (subject to hydrolysis) is 1. The molecule has 2 bridgehead atoms. The lowest BCUT2D eigenvalue weighted by Gasteiger charge is -2.49. The van der Waals surface area contributed by atoms with Crippen LogP contribution in [0.2, 0.25) is 0 Å². The summed E-state index contributed by atoms with van der Waals surface area (Å²) in [4.78, 5) is 38.3. The molecule has 2 aromatic carbocycles. The zero-order valence-electron chi connectivity index (χ0n) is 20.0. The van der Waals surface area contributed by atoms with Gasteiger partial charge in [-0.25, -0.2) is 13.6 Å². The van der Waals surface area contributed by atoms with Crippen molar-refractivity contribution >= 4 is 23.6 Å². The van der Waals surface area contributed by atoms with Gasteiger partial charge in [0.1, 0.15) is 11.6 Å². The fraction of sp³-hybridized carbons (Fsp3) is 0.400. The Balaban J connectivity index is 1.56. The second kappa shape index (κ2) is 10.4. The zero-order valence-corrected chi connectivity index (χ0v) is 20.0. The third-order valence-electron chi connectivity index (χ3n) is 6.51. The molecule has 8 nitrogen and oxygen atoms in total. The van der Waals surface area contributed by atoms with E-state index in [2.05, 4.69) is 15.4 Å². The maximum atomic E-state index is 15.5. The summed E-state index contributed by atoms with van der Waals surface area (Å²) in [6, 6.07) is 4.17. The van der Waals surface area contributed by atoms with Crippen molar-refractivity contribution in [2.24, 2.45) is 0 Å². The highest BCUT2D eigenvalue weighted by molar-refractivity contribution is 6.04. The lowest BCUT2D eigenvalue weighted by molar-refractivity contribution is -0.178. The van der Waals surface area contributed by atoms with Crippen LogP contribution in [0.15, 0.2) is 36.4 Å². The molecule has 198 valence electrons. The van der Waals surface area contributed by atoms with Crippen molar-refractivity contribution in [2.45, 2.75) is 43.8 Å². The second-order valence-corrected chi connectivity index (χ2v) is 9.05. The summed E-state index contributed by atoms with van der Waals surface area (Å²) in [5, 5.41) is 5.06. The van der Waals surface area contributed by atoms with Crippen molar-refractivity contribution in [1.29, 1.82) is 0 Å². The molecule has 3 amide bonds. The first kappa shape index (κ1) is 26.4. The average molecular weight is 523 g/mol. The minimum atomic E-state index is -4.29. The number of morpholine rings is 1. The smallest absolute Gasteiger partial charge is 0.407 e.